The van der Waals surface area contributed by atoms with Gasteiger partial charge in [0.2, 0.25) is 0 Å². The summed E-state index contributed by atoms with van der Waals surface area (Å²) in [6, 6.07) is 5.95. The lowest BCUT2D eigenvalue weighted by molar-refractivity contribution is -0.133. The minimum atomic E-state index is -1.90. The zero-order valence-electron chi connectivity index (χ0n) is 21.2. The molecule has 0 saturated carbocycles. The number of hydrogen-bond acceptors (Lipinski definition) is 4. The maximum Gasteiger partial charge on any atom is 0.408 e. The first-order valence-electron chi connectivity index (χ1n) is 11.8. The SMILES string of the molecule is CC(Cc1ccc(C2=C(C(=O)O)C3CN(C(=O)O)CC(C2)N3C(=O)O)cc1)O[Si](C)(C)C(C)(C)C. The number of nitrogens with zero attached hydrogens (tertiary/aromatic N) is 2. The molecule has 192 valence electrons. The highest BCUT2D eigenvalue weighted by Gasteiger charge is 2.47. The van der Waals surface area contributed by atoms with Gasteiger partial charge in [0.05, 0.1) is 17.7 Å². The molecule has 2 aliphatic rings. The number of rotatable bonds is 6. The summed E-state index contributed by atoms with van der Waals surface area (Å²) in [7, 11) is -1.90. The molecule has 0 radical (unpaired) electrons. The van der Waals surface area contributed by atoms with E-state index in [-0.39, 0.29) is 36.2 Å². The molecule has 1 aromatic rings. The predicted octanol–water partition coefficient (Wildman–Crippen LogP) is 4.59. The predicted molar refractivity (Wildman–Crippen MR) is 134 cm³/mol. The van der Waals surface area contributed by atoms with Crippen LogP contribution in [0.25, 0.3) is 5.57 Å². The van der Waals surface area contributed by atoms with Crippen LogP contribution in [0.1, 0.15) is 45.2 Å². The Kier molecular flexibility index (Phi) is 7.38. The van der Waals surface area contributed by atoms with Crippen molar-refractivity contribution >= 4 is 32.0 Å². The van der Waals surface area contributed by atoms with E-state index in [9.17, 15) is 29.7 Å². The molecule has 1 saturated heterocycles. The maximum absolute atomic E-state index is 12.3. The smallest absolute Gasteiger partial charge is 0.408 e. The Balaban J connectivity index is 1.88. The molecule has 10 heteroatoms. The first-order valence-corrected chi connectivity index (χ1v) is 14.8. The second kappa shape index (κ2) is 9.66. The summed E-state index contributed by atoms with van der Waals surface area (Å²) in [5.41, 5.74) is 2.29. The number of fused-ring (bicyclic) bond motifs is 2. The normalized spacial score (nSPS) is 21.7. The lowest BCUT2D eigenvalue weighted by Crippen LogP contribution is -2.64. The van der Waals surface area contributed by atoms with E-state index in [1.165, 1.54) is 0 Å². The number of benzene rings is 1. The fourth-order valence-corrected chi connectivity index (χ4v) is 6.24. The van der Waals surface area contributed by atoms with Crippen LogP contribution in [-0.2, 0) is 15.6 Å². The average molecular weight is 505 g/mol. The molecule has 2 heterocycles. The summed E-state index contributed by atoms with van der Waals surface area (Å²) < 4.78 is 6.45. The quantitative estimate of drug-likeness (QED) is 0.483. The van der Waals surface area contributed by atoms with Crippen LogP contribution in [0.2, 0.25) is 18.1 Å². The van der Waals surface area contributed by atoms with Crippen molar-refractivity contribution in [3.8, 4) is 0 Å². The van der Waals surface area contributed by atoms with Crippen molar-refractivity contribution in [1.29, 1.82) is 0 Å². The largest absolute Gasteiger partial charge is 0.478 e. The Morgan fingerprint density at radius 3 is 2.14 bits per heavy atom. The number of amides is 2. The van der Waals surface area contributed by atoms with E-state index in [1.54, 1.807) is 0 Å². The molecule has 3 N–H and O–H groups in total. The molecule has 1 aromatic carbocycles. The second-order valence-corrected chi connectivity index (χ2v) is 15.8. The van der Waals surface area contributed by atoms with E-state index in [0.717, 1.165) is 21.8 Å². The summed E-state index contributed by atoms with van der Waals surface area (Å²) in [4.78, 5) is 37.9. The van der Waals surface area contributed by atoms with E-state index in [4.69, 9.17) is 4.43 Å². The van der Waals surface area contributed by atoms with Crippen molar-refractivity contribution in [2.45, 2.75) is 76.9 Å². The van der Waals surface area contributed by atoms with Gasteiger partial charge >= 0.3 is 18.2 Å². The van der Waals surface area contributed by atoms with Gasteiger partial charge in [-0.1, -0.05) is 45.0 Å². The van der Waals surface area contributed by atoms with Crippen LogP contribution in [0.15, 0.2) is 29.8 Å². The number of piperazine rings is 1. The first-order chi connectivity index (χ1) is 16.1. The fraction of sp³-hybridized carbons (Fsp3) is 0.560. The van der Waals surface area contributed by atoms with Gasteiger partial charge in [-0.3, -0.25) is 4.90 Å². The maximum atomic E-state index is 12.3. The highest BCUT2D eigenvalue weighted by molar-refractivity contribution is 6.74. The zero-order chi connectivity index (χ0) is 26.3. The van der Waals surface area contributed by atoms with E-state index < -0.39 is 38.6 Å². The molecule has 3 rings (SSSR count). The third-order valence-corrected chi connectivity index (χ3v) is 12.1. The molecular weight excluding hydrogens is 468 g/mol. The molecule has 35 heavy (non-hydrogen) atoms. The van der Waals surface area contributed by atoms with Gasteiger partial charge in [0.25, 0.3) is 0 Å². The lowest BCUT2D eigenvalue weighted by atomic mass is 9.82. The number of carboxylic acids is 1. The summed E-state index contributed by atoms with van der Waals surface area (Å²) in [5.74, 6) is -1.23. The van der Waals surface area contributed by atoms with Gasteiger partial charge in [-0.2, -0.15) is 0 Å². The molecule has 2 amide bonds. The summed E-state index contributed by atoms with van der Waals surface area (Å²) in [5, 5.41) is 29.3. The minimum absolute atomic E-state index is 0.00885. The van der Waals surface area contributed by atoms with Crippen molar-refractivity contribution in [3.05, 3.63) is 41.0 Å². The molecular formula is C25H36N2O7Si. The van der Waals surface area contributed by atoms with Crippen molar-refractivity contribution < 1.29 is 34.1 Å². The molecule has 0 aliphatic carbocycles. The Morgan fingerprint density at radius 1 is 1.06 bits per heavy atom. The Hall–Kier alpha value is -2.85. The summed E-state index contributed by atoms with van der Waals surface area (Å²) in [6.07, 6.45) is -1.52. The van der Waals surface area contributed by atoms with E-state index >= 15 is 0 Å². The monoisotopic (exact) mass is 504 g/mol. The van der Waals surface area contributed by atoms with Gasteiger partial charge < -0.3 is 24.6 Å². The third-order valence-electron chi connectivity index (χ3n) is 7.50. The van der Waals surface area contributed by atoms with Crippen molar-refractivity contribution in [2.75, 3.05) is 13.1 Å². The third kappa shape index (κ3) is 5.53. The van der Waals surface area contributed by atoms with Gasteiger partial charge in [0.15, 0.2) is 8.32 Å². The number of aliphatic carboxylic acids is 1. The van der Waals surface area contributed by atoms with Gasteiger partial charge in [0.1, 0.15) is 0 Å². The van der Waals surface area contributed by atoms with E-state index in [1.807, 2.05) is 24.3 Å². The van der Waals surface area contributed by atoms with Crippen LogP contribution in [0, 0.1) is 0 Å². The highest BCUT2D eigenvalue weighted by Crippen LogP contribution is 2.39. The Labute approximate surface area is 207 Å². The molecule has 0 aromatic heterocycles. The number of carboxylic acid groups (broad SMARTS) is 3. The Bertz CT molecular complexity index is 1030. The van der Waals surface area contributed by atoms with Crippen LogP contribution >= 0.6 is 0 Å². The molecule has 1 fully saturated rings. The molecule has 0 spiro atoms. The second-order valence-electron chi connectivity index (χ2n) is 11.0. The van der Waals surface area contributed by atoms with Crippen LogP contribution in [0.3, 0.4) is 0 Å². The van der Waals surface area contributed by atoms with Gasteiger partial charge in [-0.25, -0.2) is 14.4 Å². The lowest BCUT2D eigenvalue weighted by Gasteiger charge is -2.48. The topological polar surface area (TPSA) is 128 Å². The molecule has 2 aliphatic heterocycles. The van der Waals surface area contributed by atoms with Crippen LogP contribution in [0.4, 0.5) is 9.59 Å². The molecule has 3 unspecified atom stereocenters. The van der Waals surface area contributed by atoms with Crippen molar-refractivity contribution in [3.63, 3.8) is 0 Å². The standard InChI is InChI=1S/C25H36N2O7Si/c1-15(34-35(5,6)25(2,3)4)11-16-7-9-17(10-8-16)19-12-18-13-26(23(30)31)14-20(21(19)22(28)29)27(18)24(32)33/h7-10,15,18,20H,11-14H2,1-6H3,(H,28,29)(H,30,31)(H,32,33). The van der Waals surface area contributed by atoms with Crippen LogP contribution in [0.5, 0.6) is 0 Å². The van der Waals surface area contributed by atoms with Crippen molar-refractivity contribution in [1.82, 2.24) is 9.80 Å². The molecule has 2 bridgehead atoms. The zero-order valence-corrected chi connectivity index (χ0v) is 22.2. The Morgan fingerprint density at radius 2 is 1.66 bits per heavy atom. The summed E-state index contributed by atoms with van der Waals surface area (Å²) in [6.45, 7) is 12.9. The van der Waals surface area contributed by atoms with Gasteiger partial charge in [-0.05, 0) is 54.6 Å². The first kappa shape index (κ1) is 26.7. The number of hydrogen-bond donors (Lipinski definition) is 3. The van der Waals surface area contributed by atoms with Gasteiger partial charge in [0, 0.05) is 19.2 Å². The number of carbonyl (C=O) groups is 3. The summed E-state index contributed by atoms with van der Waals surface area (Å²) >= 11 is 0. The average Bonchev–Trinajstić information content (AvgIpc) is 2.71. The van der Waals surface area contributed by atoms with Crippen molar-refractivity contribution in [2.24, 2.45) is 0 Å². The highest BCUT2D eigenvalue weighted by atomic mass is 28.4. The van der Waals surface area contributed by atoms with E-state index in [0.29, 0.717) is 11.1 Å². The minimum Gasteiger partial charge on any atom is -0.478 e. The molecule has 9 nitrogen and oxygen atoms in total. The fourth-order valence-electron chi connectivity index (χ4n) is 4.79. The van der Waals surface area contributed by atoms with Crippen LogP contribution < -0.4 is 0 Å². The molecule has 3 atom stereocenters. The van der Waals surface area contributed by atoms with E-state index in [2.05, 4.69) is 40.8 Å². The van der Waals surface area contributed by atoms with Gasteiger partial charge in [-0.15, -0.1) is 0 Å². The van der Waals surface area contributed by atoms with Crippen LogP contribution in [-0.4, -0.2) is 82.9 Å².